The predicted octanol–water partition coefficient (Wildman–Crippen LogP) is 2.15. The van der Waals surface area contributed by atoms with Crippen LogP contribution >= 0.6 is 23.2 Å². The molecule has 0 bridgehead atoms. The number of carbonyl (C=O) groups is 1. The van der Waals surface area contributed by atoms with Gasteiger partial charge in [-0.2, -0.15) is 0 Å². The van der Waals surface area contributed by atoms with Gasteiger partial charge >= 0.3 is 5.97 Å². The largest absolute Gasteiger partial charge is 0.461 e. The first-order valence-electron chi connectivity index (χ1n) is 3.85. The summed E-state index contributed by atoms with van der Waals surface area (Å²) in [5, 5.41) is 0.237. The first-order chi connectivity index (χ1) is 6.56. The first-order valence-corrected chi connectivity index (χ1v) is 4.60. The van der Waals surface area contributed by atoms with Gasteiger partial charge in [0.1, 0.15) is 5.15 Å². The second kappa shape index (κ2) is 4.48. The Bertz CT molecular complexity index is 369. The molecule has 6 heteroatoms. The zero-order valence-electron chi connectivity index (χ0n) is 7.38. The van der Waals surface area contributed by atoms with E-state index in [0.29, 0.717) is 0 Å². The van der Waals surface area contributed by atoms with Crippen LogP contribution in [-0.4, -0.2) is 17.6 Å². The van der Waals surface area contributed by atoms with Crippen molar-refractivity contribution in [3.05, 3.63) is 21.9 Å². The fourth-order valence-electron chi connectivity index (χ4n) is 0.843. The highest BCUT2D eigenvalue weighted by Gasteiger charge is 2.15. The van der Waals surface area contributed by atoms with Crippen LogP contribution in [-0.2, 0) is 4.74 Å². The lowest BCUT2D eigenvalue weighted by atomic mass is 10.3. The van der Waals surface area contributed by atoms with E-state index in [1.165, 1.54) is 6.07 Å². The van der Waals surface area contributed by atoms with Crippen LogP contribution in [0.2, 0.25) is 10.2 Å². The molecule has 0 aromatic carbocycles. The van der Waals surface area contributed by atoms with Gasteiger partial charge in [-0.1, -0.05) is 23.2 Å². The molecule has 0 aliphatic heterocycles. The molecule has 1 aromatic rings. The monoisotopic (exact) mass is 234 g/mol. The minimum absolute atomic E-state index is 0.0127. The van der Waals surface area contributed by atoms with Gasteiger partial charge in [-0.15, -0.1) is 0 Å². The molecule has 0 amide bonds. The number of nitrogens with zero attached hydrogens (tertiary/aromatic N) is 1. The van der Waals surface area contributed by atoms with E-state index < -0.39 is 5.97 Å². The number of anilines is 1. The molecule has 0 saturated carbocycles. The number of esters is 1. The van der Waals surface area contributed by atoms with Gasteiger partial charge in [0.05, 0.1) is 17.3 Å². The van der Waals surface area contributed by atoms with Crippen molar-refractivity contribution in [2.24, 2.45) is 0 Å². The lowest BCUT2D eigenvalue weighted by Gasteiger charge is -2.05. The van der Waals surface area contributed by atoms with Gasteiger partial charge in [0.15, 0.2) is 5.69 Å². The maximum atomic E-state index is 11.3. The van der Waals surface area contributed by atoms with Crippen LogP contribution in [0.3, 0.4) is 0 Å². The van der Waals surface area contributed by atoms with E-state index in [4.69, 9.17) is 33.7 Å². The number of hydrogen-bond acceptors (Lipinski definition) is 4. The third-order valence-corrected chi connectivity index (χ3v) is 2.10. The van der Waals surface area contributed by atoms with Gasteiger partial charge in [-0.25, -0.2) is 9.78 Å². The molecule has 0 saturated heterocycles. The highest BCUT2D eigenvalue weighted by atomic mass is 35.5. The maximum Gasteiger partial charge on any atom is 0.359 e. The Kier molecular flexibility index (Phi) is 3.55. The van der Waals surface area contributed by atoms with Crippen molar-refractivity contribution in [2.75, 3.05) is 12.3 Å². The SMILES string of the molecule is CCOC(=O)c1nc(Cl)c(Cl)cc1N. The molecule has 76 valence electrons. The summed E-state index contributed by atoms with van der Waals surface area (Å²) in [5.74, 6) is -0.608. The van der Waals surface area contributed by atoms with Crippen molar-refractivity contribution in [1.29, 1.82) is 0 Å². The molecule has 0 atom stereocenters. The molecule has 2 N–H and O–H groups in total. The summed E-state index contributed by atoms with van der Waals surface area (Å²) >= 11 is 11.3. The number of hydrogen-bond donors (Lipinski definition) is 1. The molecule has 0 spiro atoms. The standard InChI is InChI=1S/C8H8Cl2N2O2/c1-2-14-8(13)6-5(11)3-4(9)7(10)12-6/h3H,2,11H2,1H3. The molecular weight excluding hydrogens is 227 g/mol. The molecule has 1 aromatic heterocycles. The number of carbonyl (C=O) groups excluding carboxylic acids is 1. The van der Waals surface area contributed by atoms with Crippen molar-refractivity contribution in [2.45, 2.75) is 6.92 Å². The Morgan fingerprint density at radius 3 is 2.86 bits per heavy atom. The number of nitrogens with two attached hydrogens (primary N) is 1. The second-order valence-corrected chi connectivity index (χ2v) is 3.18. The lowest BCUT2D eigenvalue weighted by Crippen LogP contribution is -2.10. The van der Waals surface area contributed by atoms with E-state index >= 15 is 0 Å². The van der Waals surface area contributed by atoms with Crippen molar-refractivity contribution in [3.63, 3.8) is 0 Å². The number of ether oxygens (including phenoxy) is 1. The third kappa shape index (κ3) is 2.27. The van der Waals surface area contributed by atoms with Crippen LogP contribution in [0.1, 0.15) is 17.4 Å². The first kappa shape index (κ1) is 11.1. The Hall–Kier alpha value is -1.00. The van der Waals surface area contributed by atoms with Gasteiger partial charge in [0, 0.05) is 0 Å². The summed E-state index contributed by atoms with van der Waals surface area (Å²) in [5.41, 5.74) is 5.65. The summed E-state index contributed by atoms with van der Waals surface area (Å²) in [6.07, 6.45) is 0. The van der Waals surface area contributed by atoms with E-state index in [1.54, 1.807) is 6.92 Å². The normalized spacial score (nSPS) is 9.93. The van der Waals surface area contributed by atoms with Crippen LogP contribution in [0, 0.1) is 0 Å². The molecule has 0 aliphatic rings. The smallest absolute Gasteiger partial charge is 0.359 e. The third-order valence-electron chi connectivity index (χ3n) is 1.43. The molecule has 4 nitrogen and oxygen atoms in total. The predicted molar refractivity (Wildman–Crippen MR) is 54.6 cm³/mol. The van der Waals surface area contributed by atoms with E-state index in [9.17, 15) is 4.79 Å². The van der Waals surface area contributed by atoms with Crippen molar-refractivity contribution < 1.29 is 9.53 Å². The van der Waals surface area contributed by atoms with Crippen LogP contribution in [0.5, 0.6) is 0 Å². The van der Waals surface area contributed by atoms with E-state index in [1.807, 2.05) is 0 Å². The number of aromatic nitrogens is 1. The summed E-state index contributed by atoms with van der Waals surface area (Å²) in [4.78, 5) is 15.0. The summed E-state index contributed by atoms with van der Waals surface area (Å²) in [6, 6.07) is 1.36. The van der Waals surface area contributed by atoms with Crippen molar-refractivity contribution >= 4 is 34.9 Å². The lowest BCUT2D eigenvalue weighted by molar-refractivity contribution is 0.0521. The maximum absolute atomic E-state index is 11.3. The zero-order chi connectivity index (χ0) is 10.7. The van der Waals surface area contributed by atoms with Crippen LogP contribution in [0.4, 0.5) is 5.69 Å². The number of halogens is 2. The van der Waals surface area contributed by atoms with Crippen molar-refractivity contribution in [3.8, 4) is 0 Å². The highest BCUT2D eigenvalue weighted by molar-refractivity contribution is 6.41. The Labute approximate surface area is 91.0 Å². The Morgan fingerprint density at radius 2 is 2.29 bits per heavy atom. The topological polar surface area (TPSA) is 65.2 Å². The second-order valence-electron chi connectivity index (χ2n) is 2.42. The molecule has 0 unspecified atom stereocenters. The summed E-state index contributed by atoms with van der Waals surface area (Å²) in [6.45, 7) is 1.94. The van der Waals surface area contributed by atoms with Crippen molar-refractivity contribution in [1.82, 2.24) is 4.98 Å². The fraction of sp³-hybridized carbons (Fsp3) is 0.250. The van der Waals surface area contributed by atoms with E-state index in [-0.39, 0.29) is 28.2 Å². The minimum Gasteiger partial charge on any atom is -0.461 e. The van der Waals surface area contributed by atoms with Crippen LogP contribution < -0.4 is 5.73 Å². The molecule has 1 rings (SSSR count). The molecule has 0 radical (unpaired) electrons. The Balaban J connectivity index is 3.09. The minimum atomic E-state index is -0.608. The van der Waals surface area contributed by atoms with Gasteiger partial charge in [0.25, 0.3) is 0 Å². The molecule has 1 heterocycles. The van der Waals surface area contributed by atoms with Gasteiger partial charge in [-0.05, 0) is 13.0 Å². The van der Waals surface area contributed by atoms with Gasteiger partial charge in [0.2, 0.25) is 0 Å². The average Bonchev–Trinajstić information content (AvgIpc) is 2.11. The molecule has 14 heavy (non-hydrogen) atoms. The highest BCUT2D eigenvalue weighted by Crippen LogP contribution is 2.24. The Morgan fingerprint density at radius 1 is 1.64 bits per heavy atom. The molecular formula is C8H8Cl2N2O2. The van der Waals surface area contributed by atoms with E-state index in [2.05, 4.69) is 4.98 Å². The molecule has 0 aliphatic carbocycles. The van der Waals surface area contributed by atoms with Gasteiger partial charge in [-0.3, -0.25) is 0 Å². The summed E-state index contributed by atoms with van der Waals surface area (Å²) < 4.78 is 4.72. The fourth-order valence-corrected chi connectivity index (χ4v) is 1.14. The number of rotatable bonds is 2. The number of nitrogen functional groups attached to an aromatic ring is 1. The average molecular weight is 235 g/mol. The van der Waals surface area contributed by atoms with Gasteiger partial charge < -0.3 is 10.5 Å². The van der Waals surface area contributed by atoms with Crippen LogP contribution in [0.15, 0.2) is 6.07 Å². The molecule has 0 fully saturated rings. The van der Waals surface area contributed by atoms with E-state index in [0.717, 1.165) is 0 Å². The van der Waals surface area contributed by atoms with Crippen LogP contribution in [0.25, 0.3) is 0 Å². The zero-order valence-corrected chi connectivity index (χ0v) is 8.89. The summed E-state index contributed by atoms with van der Waals surface area (Å²) in [7, 11) is 0. The quantitative estimate of drug-likeness (QED) is 0.630. The number of pyridine rings is 1.